The lowest BCUT2D eigenvalue weighted by molar-refractivity contribution is -0.118. The summed E-state index contributed by atoms with van der Waals surface area (Å²) >= 11 is 8.17. The van der Waals surface area contributed by atoms with Gasteiger partial charge in [-0.1, -0.05) is 73.1 Å². The van der Waals surface area contributed by atoms with Gasteiger partial charge >= 0.3 is 0 Å². The Kier molecular flexibility index (Phi) is 10.1. The molecule has 0 amide bonds. The van der Waals surface area contributed by atoms with Crippen LogP contribution in [-0.2, 0) is 29.0 Å². The van der Waals surface area contributed by atoms with Crippen molar-refractivity contribution in [1.29, 1.82) is 0 Å². The van der Waals surface area contributed by atoms with E-state index in [-0.39, 0.29) is 11.7 Å². The van der Waals surface area contributed by atoms with Crippen LogP contribution in [0.3, 0.4) is 0 Å². The molecule has 1 aliphatic carbocycles. The monoisotopic (exact) mass is 590 g/mol. The number of rotatable bonds is 15. The van der Waals surface area contributed by atoms with Crippen molar-refractivity contribution < 1.29 is 14.1 Å². The van der Waals surface area contributed by atoms with Crippen molar-refractivity contribution in [3.8, 4) is 10.6 Å². The lowest BCUT2D eigenvalue weighted by Crippen LogP contribution is -2.13. The lowest BCUT2D eigenvalue weighted by Gasteiger charge is -2.16. The van der Waals surface area contributed by atoms with Gasteiger partial charge in [0.1, 0.15) is 5.78 Å². The molecule has 5 rings (SSSR count). The van der Waals surface area contributed by atoms with E-state index in [1.807, 2.05) is 49.5 Å². The van der Waals surface area contributed by atoms with Gasteiger partial charge in [-0.2, -0.15) is 0 Å². The van der Waals surface area contributed by atoms with E-state index < -0.39 is 0 Å². The molecule has 4 aromatic rings. The first-order chi connectivity index (χ1) is 19.9. The van der Waals surface area contributed by atoms with Gasteiger partial charge in [0.15, 0.2) is 5.76 Å². The van der Waals surface area contributed by atoms with E-state index in [2.05, 4.69) is 36.1 Å². The molecule has 0 aliphatic heterocycles. The molecule has 41 heavy (non-hydrogen) atoms. The largest absolute Gasteiger partial charge is 0.377 e. The fraction of sp³-hybridized carbons (Fsp3) is 0.441. The molecule has 0 N–H and O–H groups in total. The third kappa shape index (κ3) is 8.15. The molecule has 2 aromatic heterocycles. The minimum atomic E-state index is -0.0387. The second-order valence-corrected chi connectivity index (χ2v) is 13.2. The van der Waals surface area contributed by atoms with Crippen LogP contribution in [0.15, 0.2) is 59.3 Å². The maximum Gasteiger partial charge on any atom is 0.182 e. The van der Waals surface area contributed by atoms with Crippen molar-refractivity contribution in [2.45, 2.75) is 84.2 Å². The van der Waals surface area contributed by atoms with Crippen molar-refractivity contribution in [3.63, 3.8) is 0 Å². The Morgan fingerprint density at radius 2 is 1.98 bits per heavy atom. The summed E-state index contributed by atoms with van der Waals surface area (Å²) in [4.78, 5) is 19.1. The number of thiazole rings is 1. The molecule has 2 aromatic carbocycles. The molecule has 0 spiro atoms. The number of halogens is 1. The van der Waals surface area contributed by atoms with Gasteiger partial charge in [-0.25, -0.2) is 4.98 Å². The molecule has 0 saturated heterocycles. The molecule has 216 valence electrons. The number of carbonyl (C=O) groups is 1. The van der Waals surface area contributed by atoms with Gasteiger partial charge < -0.3 is 9.26 Å². The van der Waals surface area contributed by atoms with Crippen molar-refractivity contribution in [1.82, 2.24) is 10.1 Å². The minimum Gasteiger partial charge on any atom is -0.377 e. The molecular formula is C34H39ClN2O3S. The van der Waals surface area contributed by atoms with E-state index in [0.717, 1.165) is 70.1 Å². The molecule has 0 bridgehead atoms. The Bertz CT molecular complexity index is 1440. The van der Waals surface area contributed by atoms with E-state index in [1.54, 1.807) is 11.3 Å². The zero-order valence-corrected chi connectivity index (χ0v) is 25.8. The summed E-state index contributed by atoms with van der Waals surface area (Å²) in [5.74, 6) is 1.94. The van der Waals surface area contributed by atoms with Crippen molar-refractivity contribution >= 4 is 28.7 Å². The Morgan fingerprint density at radius 1 is 1.17 bits per heavy atom. The van der Waals surface area contributed by atoms with Crippen LogP contribution in [0.2, 0.25) is 5.02 Å². The fourth-order valence-electron chi connectivity index (χ4n) is 5.29. The molecule has 0 radical (unpaired) electrons. The van der Waals surface area contributed by atoms with E-state index in [1.165, 1.54) is 5.56 Å². The van der Waals surface area contributed by atoms with Gasteiger partial charge in [-0.3, -0.25) is 4.79 Å². The van der Waals surface area contributed by atoms with Crippen LogP contribution in [0.1, 0.15) is 90.7 Å². The van der Waals surface area contributed by atoms with Crippen LogP contribution in [0.25, 0.3) is 10.6 Å². The topological polar surface area (TPSA) is 65.2 Å². The number of benzene rings is 2. The highest BCUT2D eigenvalue weighted by Crippen LogP contribution is 2.49. The second-order valence-electron chi connectivity index (χ2n) is 11.7. The number of ether oxygens (including phenoxy) is 1. The van der Waals surface area contributed by atoms with Gasteiger partial charge in [0.2, 0.25) is 0 Å². The molecule has 1 atom stereocenters. The third-order valence-corrected chi connectivity index (χ3v) is 8.88. The van der Waals surface area contributed by atoms with Crippen LogP contribution in [-0.4, -0.2) is 22.5 Å². The highest BCUT2D eigenvalue weighted by molar-refractivity contribution is 7.15. The van der Waals surface area contributed by atoms with Gasteiger partial charge in [-0.05, 0) is 67.2 Å². The summed E-state index contributed by atoms with van der Waals surface area (Å²) in [6.07, 6.45) is 7.47. The number of nitrogens with zero attached hydrogens (tertiary/aromatic N) is 2. The Labute approximate surface area is 252 Å². The number of aryl methyl sites for hydroxylation is 1. The third-order valence-electron chi connectivity index (χ3n) is 7.51. The number of hydrogen-bond donors (Lipinski definition) is 0. The fourth-order valence-corrected chi connectivity index (χ4v) is 6.72. The quantitative estimate of drug-likeness (QED) is 0.129. The van der Waals surface area contributed by atoms with Crippen LogP contribution < -0.4 is 0 Å². The van der Waals surface area contributed by atoms with Crippen molar-refractivity contribution in [2.24, 2.45) is 5.92 Å². The highest BCUT2D eigenvalue weighted by Gasteiger charge is 2.36. The maximum absolute atomic E-state index is 13.4. The molecule has 1 fully saturated rings. The van der Waals surface area contributed by atoms with Gasteiger partial charge in [0, 0.05) is 48.6 Å². The number of carbonyl (C=O) groups excluding carboxylic acids is 1. The standard InChI is InChI=1S/C34H39ClN2O3S/c1-22(2)16-31-36-20-30(41-31)34-32(25-13-14-25)33(37-40-34)27(10-7-15-39-21-24-8-5-4-6-9-24)19-28(38)18-26-12-11-23(3)17-29(26)35/h4-6,8-9,11-12,17,20,22,25,27H,7,10,13-16,18-19,21H2,1-3H3/t27-/m0/s1. The first-order valence-corrected chi connectivity index (χ1v) is 15.9. The maximum atomic E-state index is 13.4. The van der Waals surface area contributed by atoms with Gasteiger partial charge in [0.05, 0.1) is 22.2 Å². The summed E-state index contributed by atoms with van der Waals surface area (Å²) in [6.45, 7) is 7.63. The zero-order valence-electron chi connectivity index (χ0n) is 24.2. The first kappa shape index (κ1) is 29.7. The number of Topliss-reactive ketones (excluding diaryl/α,β-unsaturated/α-hetero) is 1. The molecule has 1 aliphatic rings. The Hall–Kier alpha value is -2.80. The van der Waals surface area contributed by atoms with E-state index in [9.17, 15) is 4.79 Å². The predicted octanol–water partition coefficient (Wildman–Crippen LogP) is 9.12. The predicted molar refractivity (Wildman–Crippen MR) is 166 cm³/mol. The number of hydrogen-bond acceptors (Lipinski definition) is 6. The van der Waals surface area contributed by atoms with Gasteiger partial charge in [0.25, 0.3) is 0 Å². The summed E-state index contributed by atoms with van der Waals surface area (Å²) in [6, 6.07) is 16.1. The number of aromatic nitrogens is 2. The highest BCUT2D eigenvalue weighted by atomic mass is 35.5. The smallest absolute Gasteiger partial charge is 0.182 e. The molecular weight excluding hydrogens is 552 g/mol. The van der Waals surface area contributed by atoms with Crippen molar-refractivity contribution in [3.05, 3.63) is 92.7 Å². The van der Waals surface area contributed by atoms with E-state index in [4.69, 9.17) is 20.9 Å². The molecule has 1 saturated carbocycles. The molecule has 2 heterocycles. The molecule has 0 unspecified atom stereocenters. The van der Waals surface area contributed by atoms with E-state index >= 15 is 0 Å². The summed E-state index contributed by atoms with van der Waals surface area (Å²) < 4.78 is 12.0. The van der Waals surface area contributed by atoms with Crippen LogP contribution in [0, 0.1) is 12.8 Å². The van der Waals surface area contributed by atoms with Crippen LogP contribution in [0.4, 0.5) is 0 Å². The zero-order chi connectivity index (χ0) is 28.8. The average molecular weight is 591 g/mol. The Morgan fingerprint density at radius 3 is 2.71 bits per heavy atom. The lowest BCUT2D eigenvalue weighted by atomic mass is 9.88. The molecule has 5 nitrogen and oxygen atoms in total. The van der Waals surface area contributed by atoms with E-state index in [0.29, 0.717) is 42.9 Å². The normalized spacial score (nSPS) is 14.1. The van der Waals surface area contributed by atoms with Crippen LogP contribution >= 0.6 is 22.9 Å². The van der Waals surface area contributed by atoms with Crippen LogP contribution in [0.5, 0.6) is 0 Å². The minimum absolute atomic E-state index is 0.0387. The SMILES string of the molecule is Cc1ccc(CC(=O)C[C@H](CCCOCc2ccccc2)c2noc(-c3cnc(CC(C)C)s3)c2C2CC2)c(Cl)c1. The summed E-state index contributed by atoms with van der Waals surface area (Å²) in [5, 5.41) is 6.41. The second kappa shape index (κ2) is 13.9. The Balaban J connectivity index is 1.34. The summed E-state index contributed by atoms with van der Waals surface area (Å²) in [5.41, 5.74) is 5.24. The number of ketones is 1. The van der Waals surface area contributed by atoms with Crippen molar-refractivity contribution in [2.75, 3.05) is 6.61 Å². The molecule has 7 heteroatoms. The van der Waals surface area contributed by atoms with Gasteiger partial charge in [-0.15, -0.1) is 11.3 Å². The average Bonchev–Trinajstić information content (AvgIpc) is 3.52. The summed E-state index contributed by atoms with van der Waals surface area (Å²) in [7, 11) is 0. The first-order valence-electron chi connectivity index (χ1n) is 14.7.